The predicted molar refractivity (Wildman–Crippen MR) is 153 cm³/mol. The first-order chi connectivity index (χ1) is 18.1. The minimum atomic E-state index is -1.05. The van der Waals surface area contributed by atoms with E-state index in [9.17, 15) is 4.79 Å². The van der Waals surface area contributed by atoms with Crippen LogP contribution in [0.25, 0.3) is 0 Å². The van der Waals surface area contributed by atoms with Crippen molar-refractivity contribution in [2.75, 3.05) is 7.11 Å². The van der Waals surface area contributed by atoms with Gasteiger partial charge in [-0.25, -0.2) is 9.78 Å². The number of carbonyl (C=O) groups is 1. The van der Waals surface area contributed by atoms with Gasteiger partial charge in [0.1, 0.15) is 5.75 Å². The van der Waals surface area contributed by atoms with Crippen LogP contribution in [-0.2, 0) is 16.5 Å². The molecule has 0 aliphatic rings. The van der Waals surface area contributed by atoms with E-state index >= 15 is 0 Å². The maximum atomic E-state index is 10.4. The molecule has 0 spiro atoms. The first-order valence-electron chi connectivity index (χ1n) is 11.7. The molecule has 5 rings (SSSR count). The summed E-state index contributed by atoms with van der Waals surface area (Å²) >= 11 is 0. The van der Waals surface area contributed by atoms with Crippen molar-refractivity contribution >= 4 is 29.8 Å². The molecule has 4 nitrogen and oxygen atoms in total. The van der Waals surface area contributed by atoms with Crippen LogP contribution in [0.15, 0.2) is 134 Å². The number of ether oxygens (including phenoxy) is 1. The van der Waals surface area contributed by atoms with Crippen molar-refractivity contribution in [3.05, 3.63) is 151 Å². The fraction of sp³-hybridized carbons (Fsp3) is 0.0625. The summed E-state index contributed by atoms with van der Waals surface area (Å²) in [6.07, 6.45) is 1.39. The van der Waals surface area contributed by atoms with Crippen LogP contribution in [0.5, 0.6) is 5.75 Å². The van der Waals surface area contributed by atoms with Gasteiger partial charge < -0.3 is 9.84 Å². The molecule has 196 valence electrons. The number of hydrogen-bond donors (Lipinski definition) is 1. The molecular weight excluding hydrogens is 536 g/mol. The second kappa shape index (κ2) is 16.9. The molecule has 0 unspecified atom stereocenters. The van der Waals surface area contributed by atoms with Crippen LogP contribution in [0.2, 0.25) is 0 Å². The van der Waals surface area contributed by atoms with Crippen LogP contribution >= 0.6 is 7.92 Å². The van der Waals surface area contributed by atoms with Gasteiger partial charge in [0.05, 0.1) is 7.11 Å². The summed E-state index contributed by atoms with van der Waals surface area (Å²) in [5, 5.41) is 12.7. The Morgan fingerprint density at radius 1 is 0.763 bits per heavy atom. The van der Waals surface area contributed by atoms with Gasteiger partial charge in [0.2, 0.25) is 0 Å². The van der Waals surface area contributed by atoms with Gasteiger partial charge in [0.15, 0.2) is 5.69 Å². The summed E-state index contributed by atoms with van der Waals surface area (Å²) in [5.41, 5.74) is 1.19. The average Bonchev–Trinajstić information content (AvgIpc) is 2.96. The number of nitrogens with zero attached hydrogens (tertiary/aromatic N) is 1. The van der Waals surface area contributed by atoms with Gasteiger partial charge in [0, 0.05) is 28.8 Å². The Bertz CT molecular complexity index is 1240. The van der Waals surface area contributed by atoms with E-state index in [1.54, 1.807) is 6.07 Å². The predicted octanol–water partition coefficient (Wildman–Crippen LogP) is 6.03. The van der Waals surface area contributed by atoms with E-state index in [0.29, 0.717) is 5.75 Å². The van der Waals surface area contributed by atoms with Gasteiger partial charge in [-0.05, 0) is 29.9 Å². The number of aryl methyl sites for hydroxylation is 1. The van der Waals surface area contributed by atoms with Crippen LogP contribution in [-0.4, -0.2) is 23.2 Å². The van der Waals surface area contributed by atoms with Crippen molar-refractivity contribution in [2.45, 2.75) is 6.92 Å². The Hall–Kier alpha value is -3.78. The van der Waals surface area contributed by atoms with Crippen LogP contribution in [0.4, 0.5) is 0 Å². The molecule has 1 aromatic heterocycles. The van der Waals surface area contributed by atoms with E-state index in [0.717, 1.165) is 0 Å². The van der Waals surface area contributed by atoms with Crippen LogP contribution in [0, 0.1) is 13.0 Å². The zero-order valence-electron chi connectivity index (χ0n) is 21.2. The SMILES string of the molecule is COc1ccnc(C(=O)O)c1.Cc1[c-]cccc1.[Ni].c1ccc(P(c2ccccc2)c2ccccc2)cc1. The second-order valence-corrected chi connectivity index (χ2v) is 9.99. The molecule has 0 amide bonds. The maximum absolute atomic E-state index is 10.4. The van der Waals surface area contributed by atoms with Crippen molar-refractivity contribution in [3.63, 3.8) is 0 Å². The number of methoxy groups -OCH3 is 1. The number of carboxylic acids is 1. The van der Waals surface area contributed by atoms with Crippen molar-refractivity contribution in [1.82, 2.24) is 4.98 Å². The Kier molecular flexibility index (Phi) is 13.5. The molecule has 0 atom stereocenters. The van der Waals surface area contributed by atoms with Crippen molar-refractivity contribution < 1.29 is 31.1 Å². The zero-order valence-corrected chi connectivity index (χ0v) is 23.1. The number of hydrogen-bond acceptors (Lipinski definition) is 3. The number of rotatable bonds is 5. The van der Waals surface area contributed by atoms with E-state index in [-0.39, 0.29) is 22.2 Å². The molecule has 4 aromatic carbocycles. The summed E-state index contributed by atoms with van der Waals surface area (Å²) in [4.78, 5) is 14.0. The minimum Gasteiger partial charge on any atom is -0.497 e. The Balaban J connectivity index is 0.000000226. The zero-order chi connectivity index (χ0) is 26.3. The van der Waals surface area contributed by atoms with Gasteiger partial charge >= 0.3 is 5.97 Å². The molecule has 5 aromatic rings. The van der Waals surface area contributed by atoms with Crippen molar-refractivity contribution in [2.24, 2.45) is 0 Å². The molecule has 6 heteroatoms. The van der Waals surface area contributed by atoms with Gasteiger partial charge in [-0.3, -0.25) is 0 Å². The minimum absolute atomic E-state index is 0. The third kappa shape index (κ3) is 9.94. The molecule has 0 aliphatic carbocycles. The van der Waals surface area contributed by atoms with Crippen LogP contribution in [0.3, 0.4) is 0 Å². The molecule has 38 heavy (non-hydrogen) atoms. The standard InChI is InChI=1S/C18H15P.C7H7NO3.C7H7.Ni/c1-4-10-16(11-5-1)19(17-12-6-2-7-13-17)18-14-8-3-9-15-18;1-11-5-2-3-8-6(4-5)7(9)10;1-7-5-3-2-4-6-7;/h1-15H;2-4H,1H3,(H,9,10);2-5H,1H3;/q;;-1;. The van der Waals surface area contributed by atoms with Crippen molar-refractivity contribution in [1.29, 1.82) is 0 Å². The molecule has 0 saturated heterocycles. The molecule has 0 fully saturated rings. The topological polar surface area (TPSA) is 59.4 Å². The molecule has 0 aliphatic heterocycles. The van der Waals surface area contributed by atoms with Crippen molar-refractivity contribution in [3.8, 4) is 5.75 Å². The molecular formula is C32H29NNiO3P-. The Labute approximate surface area is 236 Å². The largest absolute Gasteiger partial charge is 0.497 e. The van der Waals surface area contributed by atoms with Gasteiger partial charge in [-0.1, -0.05) is 97.9 Å². The summed E-state index contributed by atoms with van der Waals surface area (Å²) < 4.78 is 4.80. The summed E-state index contributed by atoms with van der Waals surface area (Å²) in [7, 11) is 1.03. The van der Waals surface area contributed by atoms with Gasteiger partial charge in [-0.2, -0.15) is 35.9 Å². The summed E-state index contributed by atoms with van der Waals surface area (Å²) in [6.45, 7) is 2.03. The number of carboxylic acid groups (broad SMARTS) is 1. The summed E-state index contributed by atoms with van der Waals surface area (Å²) in [6, 6.07) is 46.2. The third-order valence-corrected chi connectivity index (χ3v) is 7.54. The summed E-state index contributed by atoms with van der Waals surface area (Å²) in [5.74, 6) is -0.554. The quantitative estimate of drug-likeness (QED) is 0.161. The van der Waals surface area contributed by atoms with E-state index < -0.39 is 13.9 Å². The third-order valence-electron chi connectivity index (χ3n) is 5.09. The number of benzene rings is 4. The molecule has 0 bridgehead atoms. The van der Waals surface area contributed by atoms with Gasteiger partial charge in [-0.15, -0.1) is 0 Å². The van der Waals surface area contributed by atoms with E-state index in [1.807, 2.05) is 31.2 Å². The number of pyridine rings is 1. The normalized spacial score (nSPS) is 9.55. The first kappa shape index (κ1) is 30.4. The Morgan fingerprint density at radius 2 is 1.24 bits per heavy atom. The number of aromatic nitrogens is 1. The van der Waals surface area contributed by atoms with Crippen LogP contribution in [0.1, 0.15) is 16.1 Å². The van der Waals surface area contributed by atoms with E-state index in [1.165, 1.54) is 40.9 Å². The Morgan fingerprint density at radius 3 is 1.58 bits per heavy atom. The smallest absolute Gasteiger partial charge is 0.354 e. The first-order valence-corrected chi connectivity index (χ1v) is 13.0. The molecule has 1 heterocycles. The monoisotopic (exact) mass is 564 g/mol. The van der Waals surface area contributed by atoms with Gasteiger partial charge in [0.25, 0.3) is 0 Å². The average molecular weight is 565 g/mol. The van der Waals surface area contributed by atoms with Crippen LogP contribution < -0.4 is 20.7 Å². The van der Waals surface area contributed by atoms with E-state index in [4.69, 9.17) is 9.84 Å². The fourth-order valence-corrected chi connectivity index (χ4v) is 5.62. The molecule has 0 saturated carbocycles. The van der Waals surface area contributed by atoms with E-state index in [2.05, 4.69) is 102 Å². The molecule has 0 radical (unpaired) electrons. The number of aromatic carboxylic acids is 1. The second-order valence-electron chi connectivity index (χ2n) is 7.77. The fourth-order valence-electron chi connectivity index (χ4n) is 3.32. The maximum Gasteiger partial charge on any atom is 0.354 e. The molecule has 1 N–H and O–H groups in total.